The highest BCUT2D eigenvalue weighted by molar-refractivity contribution is 7.89. The lowest BCUT2D eigenvalue weighted by molar-refractivity contribution is 0.0730. The van der Waals surface area contributed by atoms with Gasteiger partial charge in [0.05, 0.1) is 13.2 Å². The molecule has 154 valence electrons. The van der Waals surface area contributed by atoms with Gasteiger partial charge in [0, 0.05) is 45.4 Å². The first kappa shape index (κ1) is 21.0. The molecule has 2 aromatic rings. The Morgan fingerprint density at radius 3 is 2.79 bits per heavy atom. The number of aliphatic hydroxyl groups is 1. The molecule has 2 aromatic heterocycles. The van der Waals surface area contributed by atoms with Crippen LogP contribution in [0.15, 0.2) is 34.0 Å². The number of carbonyl (C=O) groups is 1. The third-order valence-electron chi connectivity index (χ3n) is 4.73. The van der Waals surface area contributed by atoms with Crippen LogP contribution >= 0.6 is 11.3 Å². The Labute approximate surface area is 168 Å². The van der Waals surface area contributed by atoms with Crippen molar-refractivity contribution < 1.29 is 23.1 Å². The molecule has 10 heteroatoms. The van der Waals surface area contributed by atoms with E-state index < -0.39 is 10.0 Å². The normalized spacial score (nSPS) is 16.8. The topological polar surface area (TPSA) is 101 Å². The van der Waals surface area contributed by atoms with Gasteiger partial charge in [0.1, 0.15) is 10.6 Å². The Bertz CT molecular complexity index is 886. The largest absolute Gasteiger partial charge is 0.396 e. The van der Waals surface area contributed by atoms with Crippen LogP contribution in [0, 0.1) is 5.92 Å². The van der Waals surface area contributed by atoms with E-state index >= 15 is 0 Å². The third kappa shape index (κ3) is 4.81. The van der Waals surface area contributed by atoms with E-state index in [9.17, 15) is 18.3 Å². The average Bonchev–Trinajstić information content (AvgIpc) is 3.35. The number of carbonyl (C=O) groups excluding carboxylic acids is 1. The Morgan fingerprint density at radius 2 is 2.14 bits per heavy atom. The molecule has 0 aliphatic carbocycles. The summed E-state index contributed by atoms with van der Waals surface area (Å²) in [4.78, 5) is 12.7. The zero-order valence-electron chi connectivity index (χ0n) is 15.7. The number of nitrogens with zero attached hydrogens (tertiary/aromatic N) is 2. The summed E-state index contributed by atoms with van der Waals surface area (Å²) >= 11 is 1.59. The third-order valence-corrected chi connectivity index (χ3v) is 7.33. The predicted octanol–water partition coefficient (Wildman–Crippen LogP) is 0.689. The summed E-state index contributed by atoms with van der Waals surface area (Å²) in [6, 6.07) is 3.39. The molecule has 0 radical (unpaired) electrons. The second-order valence-electron chi connectivity index (χ2n) is 6.78. The van der Waals surface area contributed by atoms with Crippen molar-refractivity contribution in [3.8, 4) is 0 Å². The highest BCUT2D eigenvalue weighted by atomic mass is 32.2. The van der Waals surface area contributed by atoms with Gasteiger partial charge in [0.25, 0.3) is 5.91 Å². The number of hydrogen-bond donors (Lipinski definition) is 2. The highest BCUT2D eigenvalue weighted by Gasteiger charge is 2.28. The van der Waals surface area contributed by atoms with Gasteiger partial charge < -0.3 is 19.7 Å². The van der Waals surface area contributed by atoms with E-state index in [4.69, 9.17) is 4.74 Å². The molecule has 8 nitrogen and oxygen atoms in total. The quantitative estimate of drug-likeness (QED) is 0.646. The lowest BCUT2D eigenvalue weighted by Gasteiger charge is -2.25. The molecule has 0 saturated carbocycles. The molecule has 1 atom stereocenters. The Morgan fingerprint density at radius 1 is 1.39 bits per heavy atom. The summed E-state index contributed by atoms with van der Waals surface area (Å²) in [5.41, 5.74) is 1.38. The molecule has 0 unspecified atom stereocenters. The van der Waals surface area contributed by atoms with Crippen LogP contribution in [0.2, 0.25) is 0 Å². The van der Waals surface area contributed by atoms with Crippen LogP contribution in [0.5, 0.6) is 0 Å². The van der Waals surface area contributed by atoms with Gasteiger partial charge in [-0.3, -0.25) is 4.79 Å². The van der Waals surface area contributed by atoms with Crippen molar-refractivity contribution in [2.24, 2.45) is 13.0 Å². The van der Waals surface area contributed by atoms with Crippen molar-refractivity contribution in [1.29, 1.82) is 0 Å². The van der Waals surface area contributed by atoms with Gasteiger partial charge in [-0.1, -0.05) is 0 Å². The molecule has 28 heavy (non-hydrogen) atoms. The van der Waals surface area contributed by atoms with Crippen LogP contribution in [0.25, 0.3) is 0 Å². The van der Waals surface area contributed by atoms with Gasteiger partial charge in [0.2, 0.25) is 10.0 Å². The lowest BCUT2D eigenvalue weighted by atomic mass is 10.0. The lowest BCUT2D eigenvalue weighted by Crippen LogP contribution is -2.40. The molecule has 1 amide bonds. The van der Waals surface area contributed by atoms with Crippen molar-refractivity contribution >= 4 is 27.3 Å². The molecule has 0 aromatic carbocycles. The first-order valence-corrected chi connectivity index (χ1v) is 11.4. The van der Waals surface area contributed by atoms with Crippen LogP contribution in [0.1, 0.15) is 16.1 Å². The number of ether oxygens (including phenoxy) is 1. The SMILES string of the molecule is Cn1cc(S(=O)(=O)N2CCOCC2)cc1C(=O)NC[C@H](CO)Cc1ccsc1. The van der Waals surface area contributed by atoms with Gasteiger partial charge in [-0.25, -0.2) is 8.42 Å². The van der Waals surface area contributed by atoms with Crippen molar-refractivity contribution in [2.75, 3.05) is 39.5 Å². The predicted molar refractivity (Wildman–Crippen MR) is 106 cm³/mol. The number of nitrogens with one attached hydrogen (secondary N) is 1. The summed E-state index contributed by atoms with van der Waals surface area (Å²) in [6.45, 7) is 1.61. The molecule has 3 rings (SSSR count). The second kappa shape index (κ2) is 9.19. The van der Waals surface area contributed by atoms with E-state index in [0.717, 1.165) is 5.56 Å². The summed E-state index contributed by atoms with van der Waals surface area (Å²) in [5, 5.41) is 16.4. The number of amides is 1. The van der Waals surface area contributed by atoms with E-state index in [1.807, 2.05) is 16.8 Å². The molecule has 2 N–H and O–H groups in total. The fourth-order valence-corrected chi connectivity index (χ4v) is 5.27. The van der Waals surface area contributed by atoms with Gasteiger partial charge in [-0.15, -0.1) is 0 Å². The van der Waals surface area contributed by atoms with E-state index in [1.54, 1.807) is 18.4 Å². The molecular formula is C18H25N3O5S2. The fraction of sp³-hybridized carbons (Fsp3) is 0.500. The van der Waals surface area contributed by atoms with E-state index in [1.165, 1.54) is 21.1 Å². The number of thiophene rings is 1. The van der Waals surface area contributed by atoms with Crippen LogP contribution in [0.4, 0.5) is 0 Å². The maximum atomic E-state index is 12.8. The van der Waals surface area contributed by atoms with E-state index in [-0.39, 0.29) is 29.0 Å². The fourth-order valence-electron chi connectivity index (χ4n) is 3.11. The molecule has 3 heterocycles. The summed E-state index contributed by atoms with van der Waals surface area (Å²) < 4.78 is 33.6. The minimum absolute atomic E-state index is 0.0417. The highest BCUT2D eigenvalue weighted by Crippen LogP contribution is 2.20. The maximum absolute atomic E-state index is 12.8. The Kier molecular flexibility index (Phi) is 6.89. The van der Waals surface area contributed by atoms with Gasteiger partial charge in [-0.05, 0) is 34.9 Å². The molecule has 1 aliphatic rings. The average molecular weight is 428 g/mol. The van der Waals surface area contributed by atoms with Crippen LogP contribution in [-0.4, -0.2) is 67.8 Å². The standard InChI is InChI=1S/C18H25N3O5S2/c1-20-11-16(28(24,25)21-3-5-26-6-4-21)9-17(20)18(23)19-10-15(12-22)8-14-2-7-27-13-14/h2,7,9,11,13,15,22H,3-6,8,10,12H2,1H3,(H,19,23)/t15-/m1/s1. The number of aromatic nitrogens is 1. The molecule has 1 fully saturated rings. The molecule has 0 bridgehead atoms. The Hall–Kier alpha value is -1.72. The summed E-state index contributed by atoms with van der Waals surface area (Å²) in [7, 11) is -2.01. The number of sulfonamides is 1. The number of morpholine rings is 1. The van der Waals surface area contributed by atoms with Crippen molar-refractivity contribution in [3.63, 3.8) is 0 Å². The van der Waals surface area contributed by atoms with Crippen LogP contribution in [-0.2, 0) is 28.2 Å². The van der Waals surface area contributed by atoms with Crippen molar-refractivity contribution in [1.82, 2.24) is 14.2 Å². The van der Waals surface area contributed by atoms with Crippen molar-refractivity contribution in [3.05, 3.63) is 40.3 Å². The number of hydrogen-bond acceptors (Lipinski definition) is 6. The summed E-state index contributed by atoms with van der Waals surface area (Å²) in [6.07, 6.45) is 2.12. The summed E-state index contributed by atoms with van der Waals surface area (Å²) in [5.74, 6) is -0.468. The van der Waals surface area contributed by atoms with E-state index in [0.29, 0.717) is 39.3 Å². The zero-order valence-corrected chi connectivity index (χ0v) is 17.3. The molecule has 0 spiro atoms. The number of rotatable bonds is 8. The second-order valence-corrected chi connectivity index (χ2v) is 9.50. The molecule has 1 saturated heterocycles. The molecular weight excluding hydrogens is 402 g/mol. The Balaban J connectivity index is 1.65. The first-order valence-electron chi connectivity index (χ1n) is 9.06. The molecule has 1 aliphatic heterocycles. The van der Waals surface area contributed by atoms with Gasteiger partial charge >= 0.3 is 0 Å². The first-order chi connectivity index (χ1) is 13.4. The minimum Gasteiger partial charge on any atom is -0.396 e. The van der Waals surface area contributed by atoms with Gasteiger partial charge in [-0.2, -0.15) is 15.6 Å². The van der Waals surface area contributed by atoms with Crippen LogP contribution in [0.3, 0.4) is 0 Å². The maximum Gasteiger partial charge on any atom is 0.267 e. The van der Waals surface area contributed by atoms with Gasteiger partial charge in [0.15, 0.2) is 0 Å². The number of aryl methyl sites for hydroxylation is 1. The van der Waals surface area contributed by atoms with Crippen LogP contribution < -0.4 is 5.32 Å². The van der Waals surface area contributed by atoms with Crippen molar-refractivity contribution in [2.45, 2.75) is 11.3 Å². The minimum atomic E-state index is -3.65. The monoisotopic (exact) mass is 427 g/mol. The zero-order chi connectivity index (χ0) is 20.1. The van der Waals surface area contributed by atoms with E-state index in [2.05, 4.69) is 5.32 Å². The smallest absolute Gasteiger partial charge is 0.267 e. The number of aliphatic hydroxyl groups excluding tert-OH is 1.